The maximum Gasteiger partial charge on any atom is 0.0468 e. The lowest BCUT2D eigenvalue weighted by Gasteiger charge is -2.48. The smallest absolute Gasteiger partial charge is 0.0468 e. The highest BCUT2D eigenvalue weighted by atomic mass is 16.5. The van der Waals surface area contributed by atoms with Gasteiger partial charge in [-0.3, -0.25) is 0 Å². The van der Waals surface area contributed by atoms with Crippen LogP contribution in [0.25, 0.3) is 0 Å². The summed E-state index contributed by atoms with van der Waals surface area (Å²) in [5.74, 6) is 0. The average molecular weight is 129 g/mol. The van der Waals surface area contributed by atoms with Crippen LogP contribution in [0.1, 0.15) is 33.1 Å². The molecule has 0 bridgehead atoms. The fourth-order valence-electron chi connectivity index (χ4n) is 1.50. The van der Waals surface area contributed by atoms with Crippen LogP contribution < -0.4 is 0 Å². The molecule has 0 atom stereocenters. The van der Waals surface area contributed by atoms with E-state index in [1.54, 1.807) is 0 Å². The zero-order valence-corrected chi connectivity index (χ0v) is 6.22. The molecule has 1 rings (SSSR count). The van der Waals surface area contributed by atoms with Crippen molar-refractivity contribution in [2.24, 2.45) is 0 Å². The fraction of sp³-hybridized carbons (Fsp3) is 1.00. The van der Waals surface area contributed by atoms with Crippen LogP contribution >= 0.6 is 0 Å². The van der Waals surface area contributed by atoms with Gasteiger partial charge < -0.3 is 5.21 Å². The molecule has 1 fully saturated rings. The van der Waals surface area contributed by atoms with Crippen LogP contribution in [0.3, 0.4) is 0 Å². The Morgan fingerprint density at radius 2 is 2.00 bits per heavy atom. The number of nitrogens with zero attached hydrogens (tertiary/aromatic N) is 1. The van der Waals surface area contributed by atoms with Crippen LogP contribution in [0, 0.1) is 0 Å². The van der Waals surface area contributed by atoms with E-state index in [1.807, 2.05) is 0 Å². The van der Waals surface area contributed by atoms with Gasteiger partial charge in [-0.15, -0.1) is 0 Å². The summed E-state index contributed by atoms with van der Waals surface area (Å²) in [7, 11) is 0. The lowest BCUT2D eigenvalue weighted by molar-refractivity contribution is -0.238. The van der Waals surface area contributed by atoms with Gasteiger partial charge in [-0.1, -0.05) is 13.8 Å². The summed E-state index contributed by atoms with van der Waals surface area (Å²) < 4.78 is 0. The molecule has 54 valence electrons. The molecule has 0 aromatic heterocycles. The van der Waals surface area contributed by atoms with Crippen LogP contribution in [0.5, 0.6) is 0 Å². The molecule has 0 aromatic rings. The minimum absolute atomic E-state index is 0.153. The number of hydroxylamine groups is 2. The summed E-state index contributed by atoms with van der Waals surface area (Å²) in [4.78, 5) is 0. The lowest BCUT2D eigenvalue weighted by Crippen LogP contribution is -2.57. The summed E-state index contributed by atoms with van der Waals surface area (Å²) in [6.45, 7) is 5.12. The monoisotopic (exact) mass is 129 g/mol. The van der Waals surface area contributed by atoms with Crippen molar-refractivity contribution in [1.29, 1.82) is 0 Å². The molecule has 1 aliphatic heterocycles. The Hall–Kier alpha value is -0.0800. The zero-order valence-electron chi connectivity index (χ0n) is 6.22. The largest absolute Gasteiger partial charge is 0.313 e. The zero-order chi connectivity index (χ0) is 6.91. The van der Waals surface area contributed by atoms with Crippen molar-refractivity contribution >= 4 is 0 Å². The Bertz CT molecular complexity index is 93.6. The highest BCUT2D eigenvalue weighted by Gasteiger charge is 2.40. The maximum absolute atomic E-state index is 9.19. The van der Waals surface area contributed by atoms with Crippen molar-refractivity contribution in [3.05, 3.63) is 0 Å². The minimum Gasteiger partial charge on any atom is -0.313 e. The molecule has 2 heteroatoms. The molecule has 0 aliphatic carbocycles. The predicted molar refractivity (Wildman–Crippen MR) is 36.4 cm³/mol. The van der Waals surface area contributed by atoms with Gasteiger partial charge in [0.05, 0.1) is 0 Å². The van der Waals surface area contributed by atoms with Crippen molar-refractivity contribution in [2.75, 3.05) is 6.54 Å². The van der Waals surface area contributed by atoms with E-state index in [4.69, 9.17) is 0 Å². The van der Waals surface area contributed by atoms with Crippen molar-refractivity contribution in [1.82, 2.24) is 5.06 Å². The maximum atomic E-state index is 9.19. The lowest BCUT2D eigenvalue weighted by atomic mass is 9.82. The Balaban J connectivity index is 2.48. The molecule has 1 saturated heterocycles. The van der Waals surface area contributed by atoms with Gasteiger partial charge in [0.25, 0.3) is 0 Å². The molecule has 2 nitrogen and oxygen atoms in total. The van der Waals surface area contributed by atoms with Gasteiger partial charge in [-0.2, -0.15) is 5.06 Å². The first-order valence-electron chi connectivity index (χ1n) is 3.71. The number of hydrogen-bond donors (Lipinski definition) is 1. The third-order valence-electron chi connectivity index (χ3n) is 2.65. The van der Waals surface area contributed by atoms with Crippen molar-refractivity contribution in [3.8, 4) is 0 Å². The third-order valence-corrected chi connectivity index (χ3v) is 2.65. The molecule has 0 unspecified atom stereocenters. The summed E-state index contributed by atoms with van der Waals surface area (Å²) >= 11 is 0. The van der Waals surface area contributed by atoms with Crippen LogP contribution in [-0.2, 0) is 0 Å². The van der Waals surface area contributed by atoms with Gasteiger partial charge in [0, 0.05) is 12.1 Å². The van der Waals surface area contributed by atoms with Crippen LogP contribution in [0.4, 0.5) is 0 Å². The molecular formula is C7H15NO. The van der Waals surface area contributed by atoms with Crippen LogP contribution in [-0.4, -0.2) is 22.4 Å². The minimum atomic E-state index is 0.153. The Labute approximate surface area is 56.4 Å². The molecule has 0 saturated carbocycles. The molecule has 0 aromatic carbocycles. The quantitative estimate of drug-likeness (QED) is 0.612. The molecule has 0 amide bonds. The van der Waals surface area contributed by atoms with Crippen LogP contribution in [0.15, 0.2) is 0 Å². The summed E-state index contributed by atoms with van der Waals surface area (Å²) in [5.41, 5.74) is 0.153. The van der Waals surface area contributed by atoms with E-state index in [1.165, 1.54) is 5.06 Å². The summed E-state index contributed by atoms with van der Waals surface area (Å²) in [5, 5.41) is 10.7. The predicted octanol–water partition coefficient (Wildman–Crippen LogP) is 1.64. The van der Waals surface area contributed by atoms with E-state index in [9.17, 15) is 5.21 Å². The molecule has 9 heavy (non-hydrogen) atoms. The summed E-state index contributed by atoms with van der Waals surface area (Å²) in [6.07, 6.45) is 3.30. The third kappa shape index (κ3) is 0.864. The number of rotatable bonds is 2. The second-order valence-electron chi connectivity index (χ2n) is 2.80. The second-order valence-corrected chi connectivity index (χ2v) is 2.80. The van der Waals surface area contributed by atoms with Crippen molar-refractivity contribution in [2.45, 2.75) is 38.6 Å². The SMILES string of the molecule is CCC1(CC)CCN1O. The highest BCUT2D eigenvalue weighted by molar-refractivity contribution is 4.92. The van der Waals surface area contributed by atoms with E-state index in [0.29, 0.717) is 0 Å². The van der Waals surface area contributed by atoms with Crippen molar-refractivity contribution < 1.29 is 5.21 Å². The first kappa shape index (κ1) is 7.03. The summed E-state index contributed by atoms with van der Waals surface area (Å²) in [6, 6.07) is 0. The highest BCUT2D eigenvalue weighted by Crippen LogP contribution is 2.34. The van der Waals surface area contributed by atoms with Gasteiger partial charge in [-0.05, 0) is 19.3 Å². The first-order valence-corrected chi connectivity index (χ1v) is 3.71. The van der Waals surface area contributed by atoms with Crippen LogP contribution in [0.2, 0.25) is 0 Å². The molecule has 1 aliphatic rings. The Kier molecular flexibility index (Phi) is 1.78. The molecule has 0 radical (unpaired) electrons. The van der Waals surface area contributed by atoms with Gasteiger partial charge in [-0.25, -0.2) is 0 Å². The van der Waals surface area contributed by atoms with Gasteiger partial charge in [0.1, 0.15) is 0 Å². The van der Waals surface area contributed by atoms with Gasteiger partial charge >= 0.3 is 0 Å². The van der Waals surface area contributed by atoms with E-state index >= 15 is 0 Å². The first-order chi connectivity index (χ1) is 4.25. The Morgan fingerprint density at radius 3 is 2.00 bits per heavy atom. The number of hydrogen-bond acceptors (Lipinski definition) is 2. The topological polar surface area (TPSA) is 23.5 Å². The molecule has 0 spiro atoms. The second kappa shape index (κ2) is 2.27. The Morgan fingerprint density at radius 1 is 1.44 bits per heavy atom. The fourth-order valence-corrected chi connectivity index (χ4v) is 1.50. The van der Waals surface area contributed by atoms with Gasteiger partial charge in [0.15, 0.2) is 0 Å². The van der Waals surface area contributed by atoms with Gasteiger partial charge in [0.2, 0.25) is 0 Å². The standard InChI is InChI=1S/C7H15NO/c1-3-7(4-2)5-6-8(7)9/h9H,3-6H2,1-2H3. The van der Waals surface area contributed by atoms with E-state index in [2.05, 4.69) is 13.8 Å². The van der Waals surface area contributed by atoms with E-state index in [0.717, 1.165) is 25.8 Å². The molecule has 1 N–H and O–H groups in total. The molecular weight excluding hydrogens is 114 g/mol. The van der Waals surface area contributed by atoms with E-state index in [-0.39, 0.29) is 5.54 Å². The molecule has 1 heterocycles. The van der Waals surface area contributed by atoms with E-state index < -0.39 is 0 Å². The average Bonchev–Trinajstić information content (AvgIpc) is 1.89. The van der Waals surface area contributed by atoms with Crippen molar-refractivity contribution in [3.63, 3.8) is 0 Å². The normalized spacial score (nSPS) is 25.7.